The van der Waals surface area contributed by atoms with Gasteiger partial charge in [-0.1, -0.05) is 42.5 Å². The number of hydrogen-bond donors (Lipinski definition) is 2. The zero-order valence-electron chi connectivity index (χ0n) is 9.68. The Hall–Kier alpha value is -0.440. The number of benzene rings is 1. The fourth-order valence-electron chi connectivity index (χ4n) is 2.26. The summed E-state index contributed by atoms with van der Waals surface area (Å²) >= 11 is 11.8. The maximum atomic E-state index is 10.3. The van der Waals surface area contributed by atoms with Crippen molar-refractivity contribution in [2.24, 2.45) is 0 Å². The molecule has 2 nitrogen and oxygen atoms in total. The summed E-state index contributed by atoms with van der Waals surface area (Å²) in [6.07, 6.45) is 5.21. The van der Waals surface area contributed by atoms with Gasteiger partial charge in [-0.2, -0.15) is 0 Å². The summed E-state index contributed by atoms with van der Waals surface area (Å²) in [6, 6.07) is 5.42. The Morgan fingerprint density at radius 2 is 1.82 bits per heavy atom. The molecule has 1 aromatic carbocycles. The van der Waals surface area contributed by atoms with Crippen LogP contribution >= 0.6 is 23.2 Å². The Morgan fingerprint density at radius 3 is 2.47 bits per heavy atom. The van der Waals surface area contributed by atoms with Crippen LogP contribution in [0.4, 0.5) is 5.69 Å². The van der Waals surface area contributed by atoms with Crippen LogP contribution in [-0.2, 0) is 0 Å². The first-order valence-corrected chi connectivity index (χ1v) is 6.76. The molecular weight excluding hydrogens is 257 g/mol. The van der Waals surface area contributed by atoms with Crippen molar-refractivity contribution in [3.63, 3.8) is 0 Å². The second-order valence-electron chi connectivity index (χ2n) is 4.77. The molecule has 4 heteroatoms. The molecule has 2 rings (SSSR count). The summed E-state index contributed by atoms with van der Waals surface area (Å²) in [4.78, 5) is 0. The molecule has 1 aliphatic carbocycles. The van der Waals surface area contributed by atoms with Gasteiger partial charge in [0, 0.05) is 12.2 Å². The molecule has 1 saturated carbocycles. The highest BCUT2D eigenvalue weighted by atomic mass is 35.5. The van der Waals surface area contributed by atoms with E-state index in [1.807, 2.05) is 6.07 Å². The molecule has 0 bridgehead atoms. The van der Waals surface area contributed by atoms with Crippen LogP contribution in [0, 0.1) is 0 Å². The van der Waals surface area contributed by atoms with E-state index in [1.54, 1.807) is 12.1 Å². The number of aliphatic hydroxyl groups is 1. The lowest BCUT2D eigenvalue weighted by atomic mass is 9.85. The molecule has 1 aromatic rings. The largest absolute Gasteiger partial charge is 0.388 e. The normalized spacial score (nSPS) is 19.0. The number of anilines is 1. The summed E-state index contributed by atoms with van der Waals surface area (Å²) < 4.78 is 0. The van der Waals surface area contributed by atoms with Crippen molar-refractivity contribution >= 4 is 28.9 Å². The fraction of sp³-hybridized carbons (Fsp3) is 0.538. The average molecular weight is 274 g/mol. The van der Waals surface area contributed by atoms with Crippen LogP contribution in [0.25, 0.3) is 0 Å². The topological polar surface area (TPSA) is 32.3 Å². The van der Waals surface area contributed by atoms with Crippen LogP contribution in [0.5, 0.6) is 0 Å². The van der Waals surface area contributed by atoms with Crippen molar-refractivity contribution in [3.05, 3.63) is 28.2 Å². The van der Waals surface area contributed by atoms with Crippen molar-refractivity contribution < 1.29 is 5.11 Å². The van der Waals surface area contributed by atoms with E-state index in [0.717, 1.165) is 31.4 Å². The van der Waals surface area contributed by atoms with E-state index in [9.17, 15) is 5.11 Å². The third-order valence-corrected chi connectivity index (χ3v) is 4.06. The molecule has 0 aliphatic heterocycles. The van der Waals surface area contributed by atoms with Crippen LogP contribution in [-0.4, -0.2) is 17.3 Å². The summed E-state index contributed by atoms with van der Waals surface area (Å²) in [5.74, 6) is 0. The van der Waals surface area contributed by atoms with Gasteiger partial charge in [0.05, 0.1) is 15.6 Å². The van der Waals surface area contributed by atoms with Crippen molar-refractivity contribution in [2.75, 3.05) is 11.9 Å². The minimum Gasteiger partial charge on any atom is -0.388 e. The molecule has 0 atom stereocenters. The number of halogens is 2. The van der Waals surface area contributed by atoms with E-state index in [1.165, 1.54) is 6.42 Å². The summed E-state index contributed by atoms with van der Waals surface area (Å²) in [5.41, 5.74) is 0.336. The highest BCUT2D eigenvalue weighted by molar-refractivity contribution is 6.42. The van der Waals surface area contributed by atoms with Gasteiger partial charge in [-0.05, 0) is 31.0 Å². The SMILES string of the molecule is OC1(CNc2ccc(Cl)c(Cl)c2)CCCCC1. The average Bonchev–Trinajstić information content (AvgIpc) is 2.32. The maximum Gasteiger partial charge on any atom is 0.0819 e. The van der Waals surface area contributed by atoms with E-state index in [-0.39, 0.29) is 0 Å². The molecule has 0 saturated heterocycles. The molecule has 0 spiro atoms. The highest BCUT2D eigenvalue weighted by Gasteiger charge is 2.28. The Balaban J connectivity index is 1.94. The zero-order valence-corrected chi connectivity index (χ0v) is 11.2. The Morgan fingerprint density at radius 1 is 1.12 bits per heavy atom. The van der Waals surface area contributed by atoms with Gasteiger partial charge < -0.3 is 10.4 Å². The van der Waals surface area contributed by atoms with E-state index >= 15 is 0 Å². The fourth-order valence-corrected chi connectivity index (χ4v) is 2.56. The molecule has 2 N–H and O–H groups in total. The van der Waals surface area contributed by atoms with Gasteiger partial charge in [-0.3, -0.25) is 0 Å². The predicted molar refractivity (Wildman–Crippen MR) is 73.0 cm³/mol. The minimum atomic E-state index is -0.565. The second-order valence-corrected chi connectivity index (χ2v) is 5.58. The van der Waals surface area contributed by atoms with Gasteiger partial charge in [0.25, 0.3) is 0 Å². The first-order valence-electron chi connectivity index (χ1n) is 6.00. The molecule has 1 aliphatic rings. The molecule has 94 valence electrons. The van der Waals surface area contributed by atoms with E-state index in [2.05, 4.69) is 5.32 Å². The number of rotatable bonds is 3. The van der Waals surface area contributed by atoms with Gasteiger partial charge in [0.15, 0.2) is 0 Å². The van der Waals surface area contributed by atoms with E-state index in [4.69, 9.17) is 23.2 Å². The lowest BCUT2D eigenvalue weighted by molar-refractivity contribution is 0.0167. The maximum absolute atomic E-state index is 10.3. The number of hydrogen-bond acceptors (Lipinski definition) is 2. The molecule has 0 amide bonds. The molecular formula is C13H17Cl2NO. The van der Waals surface area contributed by atoms with Gasteiger partial charge in [-0.25, -0.2) is 0 Å². The Labute approximate surface area is 112 Å². The lowest BCUT2D eigenvalue weighted by Crippen LogP contribution is -2.38. The third kappa shape index (κ3) is 3.51. The van der Waals surface area contributed by atoms with E-state index < -0.39 is 5.60 Å². The van der Waals surface area contributed by atoms with Gasteiger partial charge in [0.2, 0.25) is 0 Å². The van der Waals surface area contributed by atoms with Gasteiger partial charge in [0.1, 0.15) is 0 Å². The first-order chi connectivity index (χ1) is 8.09. The third-order valence-electron chi connectivity index (χ3n) is 3.33. The standard InChI is InChI=1S/C13H17Cl2NO/c14-11-5-4-10(8-12(11)15)16-9-13(17)6-2-1-3-7-13/h4-5,8,16-17H,1-3,6-7,9H2. The van der Waals surface area contributed by atoms with Crippen LogP contribution < -0.4 is 5.32 Å². The minimum absolute atomic E-state index is 0.535. The predicted octanol–water partition coefficient (Wildman–Crippen LogP) is 4.10. The quantitative estimate of drug-likeness (QED) is 0.869. The smallest absolute Gasteiger partial charge is 0.0819 e. The number of nitrogens with one attached hydrogen (secondary N) is 1. The van der Waals surface area contributed by atoms with Crippen molar-refractivity contribution in [2.45, 2.75) is 37.7 Å². The Bertz CT molecular complexity index is 389. The monoisotopic (exact) mass is 273 g/mol. The molecule has 1 fully saturated rings. The zero-order chi connectivity index (χ0) is 12.3. The van der Waals surface area contributed by atoms with Crippen LogP contribution in [0.15, 0.2) is 18.2 Å². The van der Waals surface area contributed by atoms with E-state index in [0.29, 0.717) is 16.6 Å². The van der Waals surface area contributed by atoms with Crippen LogP contribution in [0.1, 0.15) is 32.1 Å². The molecule has 0 radical (unpaired) electrons. The summed E-state index contributed by atoms with van der Waals surface area (Å²) in [6.45, 7) is 0.574. The molecule has 0 aromatic heterocycles. The first kappa shape index (κ1) is 13.0. The Kier molecular flexibility index (Phi) is 4.18. The lowest BCUT2D eigenvalue weighted by Gasteiger charge is -2.32. The van der Waals surface area contributed by atoms with Crippen molar-refractivity contribution in [3.8, 4) is 0 Å². The summed E-state index contributed by atoms with van der Waals surface area (Å²) in [5, 5.41) is 14.6. The molecule has 0 unspecified atom stereocenters. The van der Waals surface area contributed by atoms with Crippen molar-refractivity contribution in [1.29, 1.82) is 0 Å². The molecule has 0 heterocycles. The summed E-state index contributed by atoms with van der Waals surface area (Å²) in [7, 11) is 0. The molecule has 17 heavy (non-hydrogen) atoms. The van der Waals surface area contributed by atoms with Crippen molar-refractivity contribution in [1.82, 2.24) is 0 Å². The van der Waals surface area contributed by atoms with Gasteiger partial charge >= 0.3 is 0 Å². The van der Waals surface area contributed by atoms with Crippen LogP contribution in [0.2, 0.25) is 10.0 Å². The van der Waals surface area contributed by atoms with Gasteiger partial charge in [-0.15, -0.1) is 0 Å². The second kappa shape index (κ2) is 5.47. The highest BCUT2D eigenvalue weighted by Crippen LogP contribution is 2.29. The van der Waals surface area contributed by atoms with Crippen LogP contribution in [0.3, 0.4) is 0 Å².